The Kier molecular flexibility index (Phi) is 4.67. The summed E-state index contributed by atoms with van der Waals surface area (Å²) in [4.78, 5) is 4.17. The van der Waals surface area contributed by atoms with Crippen LogP contribution >= 0.6 is 0 Å². The van der Waals surface area contributed by atoms with Crippen molar-refractivity contribution in [3.8, 4) is 0 Å². The summed E-state index contributed by atoms with van der Waals surface area (Å²) < 4.78 is 27.6. The predicted molar refractivity (Wildman–Crippen MR) is 96.7 cm³/mol. The molecule has 0 spiro atoms. The van der Waals surface area contributed by atoms with Gasteiger partial charge in [-0.05, 0) is 45.9 Å². The number of nitrogens with zero attached hydrogens (tertiary/aromatic N) is 1. The van der Waals surface area contributed by atoms with Gasteiger partial charge in [0.1, 0.15) is 11.6 Å². The van der Waals surface area contributed by atoms with Gasteiger partial charge < -0.3 is 0 Å². The number of hydrogen-bond donors (Lipinski definition) is 0. The normalized spacial score (nSPS) is 12.8. The maximum atomic E-state index is 13.8. The Labute approximate surface area is 147 Å². The van der Waals surface area contributed by atoms with E-state index in [-0.39, 0.29) is 11.3 Å². The average molecular weight is 337 g/mol. The third-order valence-electron chi connectivity index (χ3n) is 4.35. The molecule has 3 heteroatoms. The molecule has 0 fully saturated rings. The summed E-state index contributed by atoms with van der Waals surface area (Å²) in [5, 5.41) is 0. The van der Waals surface area contributed by atoms with E-state index < -0.39 is 11.6 Å². The maximum absolute atomic E-state index is 13.8. The van der Waals surface area contributed by atoms with Gasteiger partial charge in [-0.25, -0.2) is 8.78 Å². The van der Waals surface area contributed by atoms with Crippen LogP contribution in [0.15, 0.2) is 67.0 Å². The highest BCUT2D eigenvalue weighted by Gasteiger charge is 2.20. The number of pyridine rings is 1. The molecule has 0 bridgehead atoms. The molecule has 0 radical (unpaired) electrons. The van der Waals surface area contributed by atoms with Crippen molar-refractivity contribution in [2.24, 2.45) is 0 Å². The van der Waals surface area contributed by atoms with E-state index in [2.05, 4.69) is 37.9 Å². The molecule has 3 aromatic rings. The van der Waals surface area contributed by atoms with Crippen LogP contribution in [-0.2, 0) is 5.41 Å². The molecule has 0 amide bonds. The SMILES string of the molecule is CC(C)(C)c1ccc(C(c2cccnc2)c2cc(F)cc(F)c2)cc1. The van der Waals surface area contributed by atoms with E-state index in [1.165, 1.54) is 17.7 Å². The van der Waals surface area contributed by atoms with Crippen molar-refractivity contribution in [3.63, 3.8) is 0 Å². The molecule has 0 saturated carbocycles. The van der Waals surface area contributed by atoms with Gasteiger partial charge in [-0.3, -0.25) is 4.98 Å². The predicted octanol–water partition coefficient (Wildman–Crippen LogP) is 5.84. The Balaban J connectivity index is 2.12. The quantitative estimate of drug-likeness (QED) is 0.585. The Morgan fingerprint density at radius 2 is 1.44 bits per heavy atom. The molecule has 1 heterocycles. The molecule has 0 aliphatic heterocycles. The summed E-state index contributed by atoms with van der Waals surface area (Å²) in [7, 11) is 0. The van der Waals surface area contributed by atoms with E-state index in [1.54, 1.807) is 12.4 Å². The molecule has 0 aliphatic rings. The standard InChI is InChI=1S/C22H21F2N/c1-22(2,3)18-8-6-15(7-9-18)21(16-5-4-10-25-14-16)17-11-19(23)13-20(24)12-17/h4-14,21H,1-3H3. The van der Waals surface area contributed by atoms with E-state index in [1.807, 2.05) is 24.3 Å². The Hall–Kier alpha value is -2.55. The third-order valence-corrected chi connectivity index (χ3v) is 4.35. The van der Waals surface area contributed by atoms with Crippen LogP contribution in [0.5, 0.6) is 0 Å². The first-order valence-electron chi connectivity index (χ1n) is 8.31. The minimum atomic E-state index is -0.574. The zero-order valence-corrected chi connectivity index (χ0v) is 14.6. The minimum absolute atomic E-state index is 0.0489. The first-order valence-corrected chi connectivity index (χ1v) is 8.31. The molecule has 1 nitrogen and oxygen atoms in total. The van der Waals surface area contributed by atoms with E-state index in [0.717, 1.165) is 17.2 Å². The number of rotatable bonds is 3. The maximum Gasteiger partial charge on any atom is 0.126 e. The number of hydrogen-bond acceptors (Lipinski definition) is 1. The highest BCUT2D eigenvalue weighted by Crippen LogP contribution is 2.33. The van der Waals surface area contributed by atoms with Crippen LogP contribution in [0, 0.1) is 11.6 Å². The molecular weight excluding hydrogens is 316 g/mol. The smallest absolute Gasteiger partial charge is 0.126 e. The third kappa shape index (κ3) is 3.93. The lowest BCUT2D eigenvalue weighted by Gasteiger charge is -2.22. The second-order valence-electron chi connectivity index (χ2n) is 7.29. The molecule has 0 aliphatic carbocycles. The summed E-state index contributed by atoms with van der Waals surface area (Å²) in [5.41, 5.74) is 3.72. The average Bonchev–Trinajstić information content (AvgIpc) is 2.55. The largest absolute Gasteiger partial charge is 0.264 e. The fourth-order valence-electron chi connectivity index (χ4n) is 3.04. The molecule has 128 valence electrons. The lowest BCUT2D eigenvalue weighted by molar-refractivity contribution is 0.579. The molecule has 3 rings (SSSR count). The van der Waals surface area contributed by atoms with Crippen molar-refractivity contribution in [1.82, 2.24) is 4.98 Å². The fraction of sp³-hybridized carbons (Fsp3) is 0.227. The van der Waals surface area contributed by atoms with Gasteiger partial charge >= 0.3 is 0 Å². The zero-order valence-electron chi connectivity index (χ0n) is 14.6. The molecule has 1 atom stereocenters. The van der Waals surface area contributed by atoms with E-state index in [9.17, 15) is 8.78 Å². The van der Waals surface area contributed by atoms with Crippen molar-refractivity contribution < 1.29 is 8.78 Å². The minimum Gasteiger partial charge on any atom is -0.264 e. The zero-order chi connectivity index (χ0) is 18.0. The van der Waals surface area contributed by atoms with Crippen molar-refractivity contribution in [1.29, 1.82) is 0 Å². The lowest BCUT2D eigenvalue weighted by Crippen LogP contribution is -2.11. The summed E-state index contributed by atoms with van der Waals surface area (Å²) in [6.07, 6.45) is 3.43. The Bertz CT molecular complexity index is 829. The van der Waals surface area contributed by atoms with Crippen molar-refractivity contribution in [3.05, 3.63) is 101 Å². The summed E-state index contributed by atoms with van der Waals surface area (Å²) in [6, 6.07) is 15.6. The van der Waals surface area contributed by atoms with Gasteiger partial charge in [-0.1, -0.05) is 51.1 Å². The van der Waals surface area contributed by atoms with Gasteiger partial charge in [0, 0.05) is 24.4 Å². The second-order valence-corrected chi connectivity index (χ2v) is 7.29. The second kappa shape index (κ2) is 6.75. The topological polar surface area (TPSA) is 12.9 Å². The molecule has 0 N–H and O–H groups in total. The van der Waals surface area contributed by atoms with E-state index in [0.29, 0.717) is 5.56 Å². The van der Waals surface area contributed by atoms with Crippen LogP contribution in [-0.4, -0.2) is 4.98 Å². The molecule has 2 aromatic carbocycles. The fourth-order valence-corrected chi connectivity index (χ4v) is 3.04. The Morgan fingerprint density at radius 3 is 1.96 bits per heavy atom. The number of benzene rings is 2. The van der Waals surface area contributed by atoms with E-state index in [4.69, 9.17) is 0 Å². The molecule has 1 aromatic heterocycles. The molecule has 0 saturated heterocycles. The summed E-state index contributed by atoms with van der Waals surface area (Å²) in [6.45, 7) is 6.47. The molecule has 25 heavy (non-hydrogen) atoms. The highest BCUT2D eigenvalue weighted by molar-refractivity contribution is 5.43. The monoisotopic (exact) mass is 337 g/mol. The highest BCUT2D eigenvalue weighted by atomic mass is 19.1. The van der Waals surface area contributed by atoms with Crippen molar-refractivity contribution >= 4 is 0 Å². The molecular formula is C22H21F2N. The van der Waals surface area contributed by atoms with Gasteiger partial charge in [0.15, 0.2) is 0 Å². The van der Waals surface area contributed by atoms with Gasteiger partial charge in [0.2, 0.25) is 0 Å². The van der Waals surface area contributed by atoms with Gasteiger partial charge in [0.05, 0.1) is 0 Å². The molecule has 1 unspecified atom stereocenters. The van der Waals surface area contributed by atoms with Crippen LogP contribution < -0.4 is 0 Å². The van der Waals surface area contributed by atoms with Crippen LogP contribution in [0.4, 0.5) is 8.78 Å². The van der Waals surface area contributed by atoms with Crippen LogP contribution in [0.3, 0.4) is 0 Å². The number of halogens is 2. The van der Waals surface area contributed by atoms with Crippen LogP contribution in [0.25, 0.3) is 0 Å². The first kappa shape index (κ1) is 17.3. The first-order chi connectivity index (χ1) is 11.8. The van der Waals surface area contributed by atoms with Crippen LogP contribution in [0.2, 0.25) is 0 Å². The Morgan fingerprint density at radius 1 is 0.800 bits per heavy atom. The van der Waals surface area contributed by atoms with Gasteiger partial charge in [0.25, 0.3) is 0 Å². The van der Waals surface area contributed by atoms with Gasteiger partial charge in [-0.15, -0.1) is 0 Å². The summed E-state index contributed by atoms with van der Waals surface area (Å²) >= 11 is 0. The summed E-state index contributed by atoms with van der Waals surface area (Å²) in [5.74, 6) is -1.42. The van der Waals surface area contributed by atoms with Crippen molar-refractivity contribution in [2.45, 2.75) is 32.1 Å². The number of aromatic nitrogens is 1. The van der Waals surface area contributed by atoms with Crippen molar-refractivity contribution in [2.75, 3.05) is 0 Å². The van der Waals surface area contributed by atoms with Crippen LogP contribution in [0.1, 0.15) is 48.9 Å². The van der Waals surface area contributed by atoms with E-state index >= 15 is 0 Å². The van der Waals surface area contributed by atoms with Gasteiger partial charge in [-0.2, -0.15) is 0 Å². The lowest BCUT2D eigenvalue weighted by atomic mass is 9.82.